The molecule has 26 heavy (non-hydrogen) atoms. The molecule has 0 aromatic heterocycles. The predicted molar refractivity (Wildman–Crippen MR) is 90.5 cm³/mol. The largest absolute Gasteiger partial charge is 0.366 e. The zero-order chi connectivity index (χ0) is 19.3. The maximum absolute atomic E-state index is 11.8. The van der Waals surface area contributed by atoms with Gasteiger partial charge in [-0.2, -0.15) is 0 Å². The van der Waals surface area contributed by atoms with Gasteiger partial charge >= 0.3 is 11.7 Å². The molecule has 134 valence electrons. The van der Waals surface area contributed by atoms with Crippen LogP contribution in [0.3, 0.4) is 0 Å². The normalized spacial score (nSPS) is 9.85. The Morgan fingerprint density at radius 2 is 1.62 bits per heavy atom. The van der Waals surface area contributed by atoms with Gasteiger partial charge < -0.3 is 11.1 Å². The Balaban J connectivity index is 2.03. The van der Waals surface area contributed by atoms with Gasteiger partial charge in [-0.1, -0.05) is 0 Å². The minimum absolute atomic E-state index is 0.139. The molecule has 0 unspecified atom stereocenters. The van der Waals surface area contributed by atoms with E-state index in [0.29, 0.717) is 5.69 Å². The van der Waals surface area contributed by atoms with Gasteiger partial charge in [0.2, 0.25) is 5.91 Å². The highest BCUT2D eigenvalue weighted by Gasteiger charge is 2.19. The highest BCUT2D eigenvalue weighted by Crippen LogP contribution is 2.28. The number of amides is 3. The second-order valence-electron chi connectivity index (χ2n) is 4.86. The summed E-state index contributed by atoms with van der Waals surface area (Å²) in [6.45, 7) is 0. The van der Waals surface area contributed by atoms with Crippen LogP contribution in [0.2, 0.25) is 0 Å². The lowest BCUT2D eigenvalue weighted by Crippen LogP contribution is -2.33. The molecule has 0 aliphatic heterocycles. The predicted octanol–water partition coefficient (Wildman–Crippen LogP) is 1.75. The summed E-state index contributed by atoms with van der Waals surface area (Å²) in [7, 11) is 0. The molecular formula is C14H12N6O6. The first-order valence-electron chi connectivity index (χ1n) is 6.93. The molecule has 0 heterocycles. The van der Waals surface area contributed by atoms with E-state index in [1.165, 1.54) is 24.3 Å². The number of benzene rings is 2. The lowest BCUT2D eigenvalue weighted by Gasteiger charge is -2.10. The molecule has 3 amide bonds. The summed E-state index contributed by atoms with van der Waals surface area (Å²) in [5, 5.41) is 24.1. The van der Waals surface area contributed by atoms with Crippen molar-refractivity contribution in [3.8, 4) is 0 Å². The van der Waals surface area contributed by atoms with Gasteiger partial charge in [-0.3, -0.25) is 35.9 Å². The monoisotopic (exact) mass is 360 g/mol. The van der Waals surface area contributed by atoms with Crippen LogP contribution in [0.4, 0.5) is 27.5 Å². The third-order valence-corrected chi connectivity index (χ3v) is 3.13. The van der Waals surface area contributed by atoms with E-state index in [2.05, 4.69) is 16.2 Å². The summed E-state index contributed by atoms with van der Waals surface area (Å²) < 4.78 is 0. The van der Waals surface area contributed by atoms with Gasteiger partial charge in [0, 0.05) is 17.3 Å². The molecule has 0 spiro atoms. The SMILES string of the molecule is NC(=O)c1ccc(NC(=O)NNc2ccc([N+](=O)[O-])cc2[N+](=O)[O-])cc1. The third kappa shape index (κ3) is 4.41. The van der Waals surface area contributed by atoms with Crippen molar-refractivity contribution < 1.29 is 19.4 Å². The average Bonchev–Trinajstić information content (AvgIpc) is 2.60. The summed E-state index contributed by atoms with van der Waals surface area (Å²) in [5.41, 5.74) is 9.00. The van der Waals surface area contributed by atoms with Gasteiger partial charge in [-0.05, 0) is 30.3 Å². The fourth-order valence-electron chi connectivity index (χ4n) is 1.89. The van der Waals surface area contributed by atoms with Crippen LogP contribution in [-0.4, -0.2) is 21.8 Å². The number of nitrogens with two attached hydrogens (primary N) is 1. The second-order valence-corrected chi connectivity index (χ2v) is 4.86. The van der Waals surface area contributed by atoms with E-state index in [0.717, 1.165) is 18.2 Å². The highest BCUT2D eigenvalue weighted by molar-refractivity contribution is 5.94. The van der Waals surface area contributed by atoms with E-state index in [1.54, 1.807) is 0 Å². The van der Waals surface area contributed by atoms with Crippen LogP contribution in [-0.2, 0) is 0 Å². The van der Waals surface area contributed by atoms with Gasteiger partial charge in [0.15, 0.2) is 0 Å². The quantitative estimate of drug-likeness (QED) is 0.446. The first kappa shape index (κ1) is 18.1. The Kier molecular flexibility index (Phi) is 5.27. The van der Waals surface area contributed by atoms with Crippen molar-refractivity contribution in [3.63, 3.8) is 0 Å². The molecule has 2 rings (SSSR count). The summed E-state index contributed by atoms with van der Waals surface area (Å²) in [5.74, 6) is -0.617. The summed E-state index contributed by atoms with van der Waals surface area (Å²) in [6, 6.07) is 7.85. The van der Waals surface area contributed by atoms with Crippen molar-refractivity contribution in [1.29, 1.82) is 0 Å². The van der Waals surface area contributed by atoms with Crippen molar-refractivity contribution in [1.82, 2.24) is 5.43 Å². The molecule has 0 bridgehead atoms. The van der Waals surface area contributed by atoms with E-state index in [9.17, 15) is 29.8 Å². The fraction of sp³-hybridized carbons (Fsp3) is 0. The summed E-state index contributed by atoms with van der Waals surface area (Å²) >= 11 is 0. The van der Waals surface area contributed by atoms with Crippen molar-refractivity contribution in [3.05, 3.63) is 68.3 Å². The first-order valence-corrected chi connectivity index (χ1v) is 6.93. The lowest BCUT2D eigenvalue weighted by atomic mass is 10.2. The lowest BCUT2D eigenvalue weighted by molar-refractivity contribution is -0.393. The molecule has 0 radical (unpaired) electrons. The van der Waals surface area contributed by atoms with Crippen LogP contribution < -0.4 is 21.9 Å². The standard InChI is InChI=1S/C14H12N6O6/c15-13(21)8-1-3-9(4-2-8)16-14(22)18-17-11-6-5-10(19(23)24)7-12(11)20(25)26/h1-7,17H,(H2,15,21)(H2,16,18,22). The fourth-order valence-corrected chi connectivity index (χ4v) is 1.89. The van der Waals surface area contributed by atoms with Crippen LogP contribution in [0.25, 0.3) is 0 Å². The zero-order valence-electron chi connectivity index (χ0n) is 13.0. The smallest absolute Gasteiger partial charge is 0.337 e. The Morgan fingerprint density at radius 3 is 2.15 bits per heavy atom. The number of nitro benzene ring substituents is 2. The van der Waals surface area contributed by atoms with Crippen LogP contribution >= 0.6 is 0 Å². The van der Waals surface area contributed by atoms with Crippen LogP contribution in [0.15, 0.2) is 42.5 Å². The average molecular weight is 360 g/mol. The second kappa shape index (κ2) is 7.57. The number of nitrogens with one attached hydrogen (secondary N) is 3. The Hall–Kier alpha value is -4.22. The van der Waals surface area contributed by atoms with E-state index >= 15 is 0 Å². The van der Waals surface area contributed by atoms with Crippen molar-refractivity contribution in [2.24, 2.45) is 5.73 Å². The number of nitrogens with zero attached hydrogens (tertiary/aromatic N) is 2. The molecule has 12 heteroatoms. The number of primary amides is 1. The Morgan fingerprint density at radius 1 is 0.962 bits per heavy atom. The number of rotatable bonds is 6. The summed E-state index contributed by atoms with van der Waals surface area (Å²) in [4.78, 5) is 42.8. The first-order chi connectivity index (χ1) is 12.3. The number of hydrogen-bond donors (Lipinski definition) is 4. The van der Waals surface area contributed by atoms with Gasteiger partial charge in [-0.25, -0.2) is 4.79 Å². The van der Waals surface area contributed by atoms with Gasteiger partial charge in [0.05, 0.1) is 15.9 Å². The van der Waals surface area contributed by atoms with E-state index < -0.39 is 33.2 Å². The molecular weight excluding hydrogens is 348 g/mol. The van der Waals surface area contributed by atoms with E-state index in [4.69, 9.17) is 5.73 Å². The third-order valence-electron chi connectivity index (χ3n) is 3.13. The number of carbonyl (C=O) groups excluding carboxylic acids is 2. The number of hydrazine groups is 1. The van der Waals surface area contributed by atoms with Crippen molar-refractivity contribution >= 4 is 34.7 Å². The van der Waals surface area contributed by atoms with Gasteiger partial charge in [0.1, 0.15) is 5.69 Å². The molecule has 5 N–H and O–H groups in total. The number of anilines is 2. The molecule has 0 aliphatic carbocycles. The topological polar surface area (TPSA) is 183 Å². The number of nitro groups is 2. The molecule has 0 fully saturated rings. The van der Waals surface area contributed by atoms with Gasteiger partial charge in [-0.15, -0.1) is 0 Å². The van der Waals surface area contributed by atoms with Crippen molar-refractivity contribution in [2.75, 3.05) is 10.7 Å². The summed E-state index contributed by atoms with van der Waals surface area (Å²) in [6.07, 6.45) is 0. The molecule has 0 saturated heterocycles. The van der Waals surface area contributed by atoms with E-state index in [1.807, 2.05) is 0 Å². The van der Waals surface area contributed by atoms with Crippen LogP contribution in [0.1, 0.15) is 10.4 Å². The van der Waals surface area contributed by atoms with Crippen molar-refractivity contribution in [2.45, 2.75) is 0 Å². The molecule has 0 saturated carbocycles. The minimum Gasteiger partial charge on any atom is -0.366 e. The zero-order valence-corrected chi connectivity index (χ0v) is 13.0. The highest BCUT2D eigenvalue weighted by atomic mass is 16.6. The number of carbonyl (C=O) groups is 2. The maximum Gasteiger partial charge on any atom is 0.337 e. The molecule has 0 aliphatic rings. The van der Waals surface area contributed by atoms with E-state index in [-0.39, 0.29) is 11.3 Å². The van der Waals surface area contributed by atoms with Crippen LogP contribution in [0, 0.1) is 20.2 Å². The molecule has 12 nitrogen and oxygen atoms in total. The number of hydrogen-bond acceptors (Lipinski definition) is 7. The van der Waals surface area contributed by atoms with Gasteiger partial charge in [0.25, 0.3) is 5.69 Å². The molecule has 2 aromatic rings. The maximum atomic E-state index is 11.8. The minimum atomic E-state index is -0.822. The molecule has 2 aromatic carbocycles. The number of non-ortho nitro benzene ring substituents is 1. The van der Waals surface area contributed by atoms with Crippen LogP contribution in [0.5, 0.6) is 0 Å². The Labute approximate surface area is 145 Å². The Bertz CT molecular complexity index is 882. The number of urea groups is 1. The molecule has 0 atom stereocenters.